The zero-order chi connectivity index (χ0) is 8.48. The Balaban J connectivity index is 2.81. The fourth-order valence-electron chi connectivity index (χ4n) is 0.512. The molecule has 7 heteroatoms. The second kappa shape index (κ2) is 2.76. The van der Waals surface area contributed by atoms with E-state index < -0.39 is 10.3 Å². The molecule has 0 aliphatic heterocycles. The minimum Gasteiger partial charge on any atom is -0.269 e. The average Bonchev–Trinajstić information content (AvgIpc) is 2.10. The molecule has 1 rings (SSSR count). The van der Waals surface area contributed by atoms with Crippen LogP contribution < -0.4 is 4.72 Å². The van der Waals surface area contributed by atoms with Gasteiger partial charge in [-0.15, -0.1) is 11.3 Å². The van der Waals surface area contributed by atoms with Crippen LogP contribution in [0.1, 0.15) is 4.88 Å². The van der Waals surface area contributed by atoms with Crippen LogP contribution in [0.25, 0.3) is 0 Å². The van der Waals surface area contributed by atoms with Crippen LogP contribution in [0.5, 0.6) is 0 Å². The van der Waals surface area contributed by atoms with Gasteiger partial charge in [0.05, 0.1) is 0 Å². The number of nitrogens with zero attached hydrogens (tertiary/aromatic N) is 1. The van der Waals surface area contributed by atoms with Gasteiger partial charge in [-0.2, -0.15) is 8.42 Å². The summed E-state index contributed by atoms with van der Waals surface area (Å²) in [7, 11) is -4.17. The Bertz CT molecular complexity index is 342. The Morgan fingerprint density at radius 3 is 2.73 bits per heavy atom. The van der Waals surface area contributed by atoms with Crippen molar-refractivity contribution in [2.24, 2.45) is 0 Å². The topological polar surface area (TPSA) is 79.3 Å². The second-order valence-corrected chi connectivity index (χ2v) is 4.24. The van der Waals surface area contributed by atoms with Gasteiger partial charge >= 0.3 is 10.3 Å². The number of aryl methyl sites for hydroxylation is 1. The number of hydrogen-bond acceptors (Lipinski definition) is 4. The lowest BCUT2D eigenvalue weighted by atomic mass is 10.7. The van der Waals surface area contributed by atoms with Crippen LogP contribution in [0.15, 0.2) is 6.20 Å². The SMILES string of the molecule is Cc1cnc(NS(=O)(=O)O)s1. The van der Waals surface area contributed by atoms with E-state index in [4.69, 9.17) is 4.55 Å². The fourth-order valence-corrected chi connectivity index (χ4v) is 1.78. The molecular weight excluding hydrogens is 188 g/mol. The van der Waals surface area contributed by atoms with Crippen molar-refractivity contribution >= 4 is 26.8 Å². The first-order chi connectivity index (χ1) is 4.97. The zero-order valence-electron chi connectivity index (χ0n) is 5.60. The smallest absolute Gasteiger partial charge is 0.269 e. The Kier molecular flexibility index (Phi) is 2.12. The predicted octanol–water partition coefficient (Wildman–Crippen LogP) is 0.666. The van der Waals surface area contributed by atoms with E-state index in [1.54, 1.807) is 6.92 Å². The molecule has 0 amide bonds. The Hall–Kier alpha value is -0.660. The summed E-state index contributed by atoms with van der Waals surface area (Å²) in [6.07, 6.45) is 1.51. The van der Waals surface area contributed by atoms with Crippen molar-refractivity contribution in [3.05, 3.63) is 11.1 Å². The van der Waals surface area contributed by atoms with Gasteiger partial charge in [-0.25, -0.2) is 9.71 Å². The Morgan fingerprint density at radius 2 is 2.36 bits per heavy atom. The minimum absolute atomic E-state index is 0.171. The fraction of sp³-hybridized carbons (Fsp3) is 0.250. The normalized spacial score (nSPS) is 11.5. The number of thiazole rings is 1. The summed E-state index contributed by atoms with van der Waals surface area (Å²) in [5, 5.41) is 0.171. The lowest BCUT2D eigenvalue weighted by molar-refractivity contribution is 0.489. The molecule has 2 N–H and O–H groups in total. The molecule has 0 aliphatic carbocycles. The van der Waals surface area contributed by atoms with E-state index in [1.807, 2.05) is 4.72 Å². The van der Waals surface area contributed by atoms with Crippen molar-refractivity contribution in [3.8, 4) is 0 Å². The third-order valence-electron chi connectivity index (χ3n) is 0.838. The summed E-state index contributed by atoms with van der Waals surface area (Å²) in [5.74, 6) is 0. The first kappa shape index (κ1) is 8.44. The molecule has 11 heavy (non-hydrogen) atoms. The maximum atomic E-state index is 10.2. The average molecular weight is 194 g/mol. The van der Waals surface area contributed by atoms with E-state index in [-0.39, 0.29) is 5.13 Å². The Morgan fingerprint density at radius 1 is 1.73 bits per heavy atom. The molecule has 1 aromatic rings. The van der Waals surface area contributed by atoms with E-state index in [2.05, 4.69) is 4.98 Å². The van der Waals surface area contributed by atoms with E-state index >= 15 is 0 Å². The summed E-state index contributed by atoms with van der Waals surface area (Å²) in [4.78, 5) is 4.54. The van der Waals surface area contributed by atoms with Crippen LogP contribution in [-0.2, 0) is 10.3 Å². The van der Waals surface area contributed by atoms with Crippen molar-refractivity contribution in [1.29, 1.82) is 0 Å². The summed E-state index contributed by atoms with van der Waals surface area (Å²) < 4.78 is 30.6. The third-order valence-corrected chi connectivity index (χ3v) is 2.25. The van der Waals surface area contributed by atoms with Gasteiger partial charge in [-0.3, -0.25) is 4.55 Å². The molecular formula is C4H6N2O3S2. The van der Waals surface area contributed by atoms with Gasteiger partial charge in [0.2, 0.25) is 0 Å². The predicted molar refractivity (Wildman–Crippen MR) is 42.0 cm³/mol. The summed E-state index contributed by atoms with van der Waals surface area (Å²) >= 11 is 1.15. The van der Waals surface area contributed by atoms with Gasteiger partial charge in [0.15, 0.2) is 5.13 Å². The molecule has 0 atom stereocenters. The van der Waals surface area contributed by atoms with Crippen LogP contribution in [-0.4, -0.2) is 18.0 Å². The highest BCUT2D eigenvalue weighted by Crippen LogP contribution is 2.16. The highest BCUT2D eigenvalue weighted by Gasteiger charge is 2.05. The zero-order valence-corrected chi connectivity index (χ0v) is 7.24. The number of rotatable bonds is 2. The van der Waals surface area contributed by atoms with Gasteiger partial charge < -0.3 is 0 Å². The van der Waals surface area contributed by atoms with Crippen molar-refractivity contribution in [2.45, 2.75) is 6.92 Å². The van der Waals surface area contributed by atoms with E-state index in [9.17, 15) is 8.42 Å². The molecule has 0 fully saturated rings. The molecule has 0 aliphatic rings. The highest BCUT2D eigenvalue weighted by atomic mass is 32.2. The van der Waals surface area contributed by atoms with Crippen LogP contribution in [0.4, 0.5) is 5.13 Å². The van der Waals surface area contributed by atoms with E-state index in [0.29, 0.717) is 0 Å². The summed E-state index contributed by atoms with van der Waals surface area (Å²) in [6, 6.07) is 0. The Labute approximate surface area is 68.0 Å². The number of anilines is 1. The molecule has 0 saturated heterocycles. The second-order valence-electron chi connectivity index (χ2n) is 1.85. The van der Waals surface area contributed by atoms with Crippen LogP contribution in [0.3, 0.4) is 0 Å². The number of nitrogens with one attached hydrogen (secondary N) is 1. The largest absolute Gasteiger partial charge is 0.359 e. The molecule has 0 saturated carbocycles. The van der Waals surface area contributed by atoms with Crippen LogP contribution >= 0.6 is 11.3 Å². The monoisotopic (exact) mass is 194 g/mol. The maximum absolute atomic E-state index is 10.2. The molecule has 1 heterocycles. The molecule has 62 valence electrons. The molecule has 5 nitrogen and oxygen atoms in total. The maximum Gasteiger partial charge on any atom is 0.359 e. The van der Waals surface area contributed by atoms with Gasteiger partial charge in [-0.1, -0.05) is 0 Å². The molecule has 1 aromatic heterocycles. The highest BCUT2D eigenvalue weighted by molar-refractivity contribution is 7.87. The third kappa shape index (κ3) is 2.83. The van der Waals surface area contributed by atoms with E-state index in [0.717, 1.165) is 16.2 Å². The lowest BCUT2D eigenvalue weighted by Gasteiger charge is -1.93. The standard InChI is InChI=1S/C4H6N2O3S2/c1-3-2-5-4(10-3)6-11(7,8)9/h2H,1H3,(H,5,6)(H,7,8,9). The quantitative estimate of drug-likeness (QED) is 0.678. The first-order valence-corrected chi connectivity index (χ1v) is 4.91. The van der Waals surface area contributed by atoms with Crippen LogP contribution in [0.2, 0.25) is 0 Å². The van der Waals surface area contributed by atoms with Crippen molar-refractivity contribution in [1.82, 2.24) is 4.98 Å². The van der Waals surface area contributed by atoms with E-state index in [1.165, 1.54) is 6.20 Å². The van der Waals surface area contributed by atoms with Gasteiger partial charge in [0, 0.05) is 11.1 Å². The van der Waals surface area contributed by atoms with Crippen molar-refractivity contribution in [3.63, 3.8) is 0 Å². The molecule has 0 spiro atoms. The van der Waals surface area contributed by atoms with Gasteiger partial charge in [0.1, 0.15) is 0 Å². The lowest BCUT2D eigenvalue weighted by Crippen LogP contribution is -2.09. The summed E-state index contributed by atoms with van der Waals surface area (Å²) in [5.41, 5.74) is 0. The molecule has 0 unspecified atom stereocenters. The summed E-state index contributed by atoms with van der Waals surface area (Å²) in [6.45, 7) is 1.78. The molecule has 0 radical (unpaired) electrons. The minimum atomic E-state index is -4.17. The van der Waals surface area contributed by atoms with Crippen molar-refractivity contribution in [2.75, 3.05) is 4.72 Å². The number of hydrogen-bond donors (Lipinski definition) is 2. The van der Waals surface area contributed by atoms with Crippen molar-refractivity contribution < 1.29 is 13.0 Å². The van der Waals surface area contributed by atoms with Crippen LogP contribution in [0, 0.1) is 6.92 Å². The first-order valence-electron chi connectivity index (χ1n) is 2.65. The number of aromatic nitrogens is 1. The molecule has 0 bridgehead atoms. The van der Waals surface area contributed by atoms with Gasteiger partial charge in [0.25, 0.3) is 0 Å². The van der Waals surface area contributed by atoms with Gasteiger partial charge in [-0.05, 0) is 6.92 Å². The molecule has 0 aromatic carbocycles.